The van der Waals surface area contributed by atoms with Crippen LogP contribution < -0.4 is 10.6 Å². The van der Waals surface area contributed by atoms with Crippen LogP contribution in [-0.4, -0.2) is 46.0 Å². The van der Waals surface area contributed by atoms with Crippen LogP contribution in [0.25, 0.3) is 0 Å². The van der Waals surface area contributed by atoms with Crippen molar-refractivity contribution in [1.29, 1.82) is 0 Å². The van der Waals surface area contributed by atoms with Gasteiger partial charge in [-0.3, -0.25) is 4.79 Å². The summed E-state index contributed by atoms with van der Waals surface area (Å²) < 4.78 is 22.8. The lowest BCUT2D eigenvalue weighted by Crippen LogP contribution is -2.37. The van der Waals surface area contributed by atoms with Crippen molar-refractivity contribution in [3.8, 4) is 0 Å². The lowest BCUT2D eigenvalue weighted by Gasteiger charge is -2.28. The summed E-state index contributed by atoms with van der Waals surface area (Å²) in [6.07, 6.45) is 6.01. The van der Waals surface area contributed by atoms with Crippen LogP contribution in [0.15, 0.2) is 0 Å². The first-order valence-electron chi connectivity index (χ1n) is 7.95. The molecule has 1 saturated heterocycles. The molecule has 0 bridgehead atoms. The maximum absolute atomic E-state index is 12.1. The van der Waals surface area contributed by atoms with Crippen LogP contribution in [0.5, 0.6) is 0 Å². The van der Waals surface area contributed by atoms with Crippen LogP contribution in [0.3, 0.4) is 0 Å². The molecular weight excluding hydrogens is 288 g/mol. The molecule has 2 atom stereocenters. The molecule has 2 N–H and O–H groups in total. The number of piperidine rings is 1. The molecule has 2 rings (SSSR count). The van der Waals surface area contributed by atoms with E-state index in [9.17, 15) is 13.2 Å². The largest absolute Gasteiger partial charge is 0.356 e. The average Bonchev–Trinajstić information content (AvgIpc) is 3.15. The Morgan fingerprint density at radius 3 is 2.67 bits per heavy atom. The lowest BCUT2D eigenvalue weighted by atomic mass is 9.85. The molecule has 0 radical (unpaired) electrons. The Morgan fingerprint density at radius 2 is 2.14 bits per heavy atom. The molecule has 1 saturated carbocycles. The van der Waals surface area contributed by atoms with Crippen LogP contribution in [-0.2, 0) is 14.6 Å². The van der Waals surface area contributed by atoms with Gasteiger partial charge < -0.3 is 10.6 Å². The summed E-state index contributed by atoms with van der Waals surface area (Å²) in [5, 5.41) is 6.34. The molecule has 1 aliphatic heterocycles. The Hall–Kier alpha value is -0.620. The molecule has 2 unspecified atom stereocenters. The first-order chi connectivity index (χ1) is 9.80. The highest BCUT2D eigenvalue weighted by Crippen LogP contribution is 2.46. The van der Waals surface area contributed by atoms with Gasteiger partial charge in [-0.2, -0.15) is 0 Å². The Labute approximate surface area is 128 Å². The monoisotopic (exact) mass is 316 g/mol. The molecule has 1 heterocycles. The standard InChI is InChI=1S/C15H28N2O3S/c1-12(13-4-3-7-16-9-13)8-14(18)17-10-15(5-6-15)11-21(2,19)20/h12-13,16H,3-11H2,1-2H3,(H,17,18). The number of sulfone groups is 1. The topological polar surface area (TPSA) is 75.3 Å². The van der Waals surface area contributed by atoms with Gasteiger partial charge in [-0.05, 0) is 50.6 Å². The molecule has 0 aromatic carbocycles. The van der Waals surface area contributed by atoms with Crippen LogP contribution in [0.4, 0.5) is 0 Å². The quantitative estimate of drug-likeness (QED) is 0.733. The third-order valence-corrected chi connectivity index (χ3v) is 5.97. The fraction of sp³-hybridized carbons (Fsp3) is 0.933. The molecule has 0 aromatic rings. The van der Waals surface area contributed by atoms with E-state index in [2.05, 4.69) is 17.6 Å². The van der Waals surface area contributed by atoms with Gasteiger partial charge in [-0.25, -0.2) is 8.42 Å². The number of carbonyl (C=O) groups excluding carboxylic acids is 1. The SMILES string of the molecule is CC(CC(=O)NCC1(CS(C)(=O)=O)CC1)C1CCCNC1. The van der Waals surface area contributed by atoms with E-state index < -0.39 is 9.84 Å². The van der Waals surface area contributed by atoms with Crippen molar-refractivity contribution in [3.05, 3.63) is 0 Å². The van der Waals surface area contributed by atoms with E-state index in [4.69, 9.17) is 0 Å². The second kappa shape index (κ2) is 6.65. The smallest absolute Gasteiger partial charge is 0.220 e. The summed E-state index contributed by atoms with van der Waals surface area (Å²) in [7, 11) is -2.97. The van der Waals surface area contributed by atoms with Crippen molar-refractivity contribution in [2.24, 2.45) is 17.3 Å². The number of rotatable bonds is 7. The average molecular weight is 316 g/mol. The summed E-state index contributed by atoms with van der Waals surface area (Å²) in [5.41, 5.74) is -0.182. The number of amides is 1. The molecule has 6 heteroatoms. The fourth-order valence-electron chi connectivity index (χ4n) is 3.29. The van der Waals surface area contributed by atoms with Gasteiger partial charge >= 0.3 is 0 Å². The molecule has 2 aliphatic rings. The Morgan fingerprint density at radius 1 is 1.43 bits per heavy atom. The lowest BCUT2D eigenvalue weighted by molar-refractivity contribution is -0.122. The van der Waals surface area contributed by atoms with Crippen LogP contribution in [0.1, 0.15) is 39.0 Å². The van der Waals surface area contributed by atoms with Crippen molar-refractivity contribution in [3.63, 3.8) is 0 Å². The summed E-state index contributed by atoms with van der Waals surface area (Å²) in [6, 6.07) is 0. The third kappa shape index (κ3) is 5.58. The fourth-order valence-corrected chi connectivity index (χ4v) is 4.79. The van der Waals surface area contributed by atoms with E-state index >= 15 is 0 Å². The molecule has 0 aromatic heterocycles. The van der Waals surface area contributed by atoms with Gasteiger partial charge in [0.15, 0.2) is 0 Å². The summed E-state index contributed by atoms with van der Waals surface area (Å²) >= 11 is 0. The summed E-state index contributed by atoms with van der Waals surface area (Å²) in [6.45, 7) is 4.74. The Balaban J connectivity index is 1.72. The van der Waals surface area contributed by atoms with Gasteiger partial charge in [-0.1, -0.05) is 6.92 Å². The first-order valence-corrected chi connectivity index (χ1v) is 10.0. The minimum Gasteiger partial charge on any atom is -0.356 e. The molecule has 0 spiro atoms. The highest BCUT2D eigenvalue weighted by molar-refractivity contribution is 7.90. The second-order valence-corrected chi connectivity index (χ2v) is 9.27. The maximum Gasteiger partial charge on any atom is 0.220 e. The number of hydrogen-bond acceptors (Lipinski definition) is 4. The van der Waals surface area contributed by atoms with Crippen LogP contribution in [0, 0.1) is 17.3 Å². The van der Waals surface area contributed by atoms with Crippen molar-refractivity contribution >= 4 is 15.7 Å². The summed E-state index contributed by atoms with van der Waals surface area (Å²) in [4.78, 5) is 12.1. The molecule has 1 amide bonds. The van der Waals surface area contributed by atoms with E-state index in [1.54, 1.807) is 0 Å². The van der Waals surface area contributed by atoms with Gasteiger partial charge in [-0.15, -0.1) is 0 Å². The van der Waals surface area contributed by atoms with Gasteiger partial charge in [0, 0.05) is 24.6 Å². The number of hydrogen-bond donors (Lipinski definition) is 2. The van der Waals surface area contributed by atoms with E-state index in [1.807, 2.05) is 0 Å². The van der Waals surface area contributed by atoms with E-state index in [0.717, 1.165) is 25.9 Å². The van der Waals surface area contributed by atoms with E-state index in [1.165, 1.54) is 19.1 Å². The van der Waals surface area contributed by atoms with Crippen molar-refractivity contribution in [2.45, 2.75) is 39.0 Å². The minimum atomic E-state index is -2.97. The predicted molar refractivity (Wildman–Crippen MR) is 83.8 cm³/mol. The van der Waals surface area contributed by atoms with Crippen LogP contribution in [0.2, 0.25) is 0 Å². The molecule has 21 heavy (non-hydrogen) atoms. The molecule has 2 fully saturated rings. The number of carbonyl (C=O) groups is 1. The summed E-state index contributed by atoms with van der Waals surface area (Å²) in [5.74, 6) is 1.22. The highest BCUT2D eigenvalue weighted by atomic mass is 32.2. The maximum atomic E-state index is 12.1. The zero-order chi connectivity index (χ0) is 15.5. The molecule has 122 valence electrons. The van der Waals surface area contributed by atoms with Gasteiger partial charge in [0.1, 0.15) is 9.84 Å². The molecule has 1 aliphatic carbocycles. The predicted octanol–water partition coefficient (Wildman–Crippen LogP) is 0.953. The number of nitrogens with one attached hydrogen (secondary N) is 2. The Kier molecular flexibility index (Phi) is 5.30. The third-order valence-electron chi connectivity index (χ3n) is 4.83. The van der Waals surface area contributed by atoms with E-state index in [-0.39, 0.29) is 17.1 Å². The Bertz CT molecular complexity index is 465. The highest BCUT2D eigenvalue weighted by Gasteiger charge is 2.45. The molecular formula is C15H28N2O3S. The van der Waals surface area contributed by atoms with Crippen LogP contribution >= 0.6 is 0 Å². The van der Waals surface area contributed by atoms with Gasteiger partial charge in [0.2, 0.25) is 5.91 Å². The van der Waals surface area contributed by atoms with Crippen molar-refractivity contribution < 1.29 is 13.2 Å². The minimum absolute atomic E-state index is 0.0628. The zero-order valence-electron chi connectivity index (χ0n) is 13.2. The van der Waals surface area contributed by atoms with Crippen molar-refractivity contribution in [1.82, 2.24) is 10.6 Å². The zero-order valence-corrected chi connectivity index (χ0v) is 14.0. The van der Waals surface area contributed by atoms with Gasteiger partial charge in [0.05, 0.1) is 5.75 Å². The van der Waals surface area contributed by atoms with Crippen molar-refractivity contribution in [2.75, 3.05) is 31.6 Å². The van der Waals surface area contributed by atoms with E-state index in [0.29, 0.717) is 24.8 Å². The normalized spacial score (nSPS) is 26.1. The first kappa shape index (κ1) is 16.7. The molecule has 5 nitrogen and oxygen atoms in total. The second-order valence-electron chi connectivity index (χ2n) is 7.13. The van der Waals surface area contributed by atoms with Gasteiger partial charge in [0.25, 0.3) is 0 Å².